The zero-order chi connectivity index (χ0) is 8.32. The van der Waals surface area contributed by atoms with Crippen molar-refractivity contribution >= 4 is 5.78 Å². The highest BCUT2D eigenvalue weighted by atomic mass is 16.3. The van der Waals surface area contributed by atoms with Crippen molar-refractivity contribution in [1.82, 2.24) is 5.32 Å². The van der Waals surface area contributed by atoms with E-state index in [1.807, 2.05) is 0 Å². The Bertz CT molecular complexity index is 189. The first-order valence-corrected chi connectivity index (χ1v) is 3.83. The number of hydrogen-bond acceptors (Lipinski definition) is 3. The van der Waals surface area contributed by atoms with Gasteiger partial charge < -0.3 is 10.4 Å². The van der Waals surface area contributed by atoms with E-state index in [9.17, 15) is 9.90 Å². The average molecular weight is 155 g/mol. The third kappa shape index (κ3) is 1.67. The molecule has 0 aromatic carbocycles. The summed E-state index contributed by atoms with van der Waals surface area (Å²) in [6, 6.07) is 0. The molecule has 1 heterocycles. The highest BCUT2D eigenvalue weighted by Gasteiger charge is 2.30. The van der Waals surface area contributed by atoms with Crippen LogP contribution in [0.4, 0.5) is 0 Å². The van der Waals surface area contributed by atoms with Crippen molar-refractivity contribution < 1.29 is 9.90 Å². The molecule has 0 radical (unpaired) electrons. The van der Waals surface area contributed by atoms with Crippen LogP contribution in [0.15, 0.2) is 12.2 Å². The van der Waals surface area contributed by atoms with Gasteiger partial charge in [-0.25, -0.2) is 0 Å². The molecule has 0 saturated carbocycles. The normalized spacial score (nSPS) is 32.0. The summed E-state index contributed by atoms with van der Waals surface area (Å²) in [5.41, 5.74) is -1.22. The number of hydrogen-bond donors (Lipinski definition) is 2. The summed E-state index contributed by atoms with van der Waals surface area (Å²) in [5, 5.41) is 12.5. The highest BCUT2D eigenvalue weighted by molar-refractivity contribution is 5.91. The van der Waals surface area contributed by atoms with Gasteiger partial charge in [-0.2, -0.15) is 0 Å². The Morgan fingerprint density at radius 2 is 2.55 bits per heavy atom. The number of Topliss-reactive ketones (excluding diaryl/α,β-unsaturated/α-hetero) is 1. The van der Waals surface area contributed by atoms with E-state index in [0.29, 0.717) is 13.0 Å². The van der Waals surface area contributed by atoms with E-state index in [4.69, 9.17) is 0 Å². The molecule has 3 nitrogen and oxygen atoms in total. The van der Waals surface area contributed by atoms with E-state index >= 15 is 0 Å². The third-order valence-electron chi connectivity index (χ3n) is 1.96. The van der Waals surface area contributed by atoms with Crippen LogP contribution in [0.3, 0.4) is 0 Å². The smallest absolute Gasteiger partial charge is 0.181 e. The fourth-order valence-corrected chi connectivity index (χ4v) is 1.08. The van der Waals surface area contributed by atoms with Crippen LogP contribution >= 0.6 is 0 Å². The molecular weight excluding hydrogens is 142 g/mol. The maximum atomic E-state index is 11.2. The van der Waals surface area contributed by atoms with Gasteiger partial charge in [-0.1, -0.05) is 13.0 Å². The van der Waals surface area contributed by atoms with E-state index in [-0.39, 0.29) is 12.3 Å². The Hall–Kier alpha value is -0.670. The molecular formula is C8H13NO2. The zero-order valence-corrected chi connectivity index (χ0v) is 6.63. The lowest BCUT2D eigenvalue weighted by Crippen LogP contribution is -2.39. The number of carbonyl (C=O) groups is 1. The summed E-state index contributed by atoms with van der Waals surface area (Å²) in [5.74, 6) is -0.145. The summed E-state index contributed by atoms with van der Waals surface area (Å²) in [6.07, 6.45) is 3.81. The lowest BCUT2D eigenvalue weighted by atomic mass is 9.95. The number of aliphatic hydroxyl groups is 1. The Balaban J connectivity index is 2.80. The van der Waals surface area contributed by atoms with E-state index in [1.54, 1.807) is 19.1 Å². The first-order valence-electron chi connectivity index (χ1n) is 3.83. The second-order valence-corrected chi connectivity index (χ2v) is 2.73. The number of rotatable bonds is 1. The fourth-order valence-electron chi connectivity index (χ4n) is 1.08. The van der Waals surface area contributed by atoms with Crippen molar-refractivity contribution in [2.45, 2.75) is 18.9 Å². The Labute approximate surface area is 66.1 Å². The number of nitrogens with one attached hydrogen (secondary N) is 1. The van der Waals surface area contributed by atoms with Crippen LogP contribution in [0.5, 0.6) is 0 Å². The SMILES string of the molecule is CC[C@@]1(O)C=CCNCC1=O. The van der Waals surface area contributed by atoms with Crippen LogP contribution in [0.1, 0.15) is 13.3 Å². The molecule has 0 bridgehead atoms. The lowest BCUT2D eigenvalue weighted by Gasteiger charge is -2.18. The molecule has 0 aliphatic carbocycles. The average Bonchev–Trinajstić information content (AvgIpc) is 2.16. The van der Waals surface area contributed by atoms with Gasteiger partial charge in [-0.3, -0.25) is 4.79 Å². The van der Waals surface area contributed by atoms with Crippen LogP contribution in [-0.4, -0.2) is 29.6 Å². The summed E-state index contributed by atoms with van der Waals surface area (Å²) in [7, 11) is 0. The van der Waals surface area contributed by atoms with Crippen molar-refractivity contribution in [3.05, 3.63) is 12.2 Å². The van der Waals surface area contributed by atoms with Crippen LogP contribution in [-0.2, 0) is 4.79 Å². The molecule has 11 heavy (non-hydrogen) atoms. The highest BCUT2D eigenvalue weighted by Crippen LogP contribution is 2.14. The third-order valence-corrected chi connectivity index (χ3v) is 1.96. The largest absolute Gasteiger partial charge is 0.378 e. The molecule has 2 N–H and O–H groups in total. The van der Waals surface area contributed by atoms with E-state index in [1.165, 1.54) is 0 Å². The molecule has 0 amide bonds. The maximum Gasteiger partial charge on any atom is 0.181 e. The molecule has 1 aliphatic heterocycles. The molecule has 62 valence electrons. The van der Waals surface area contributed by atoms with Gasteiger partial charge in [0.25, 0.3) is 0 Å². The number of ketones is 1. The first kappa shape index (κ1) is 8.43. The van der Waals surface area contributed by atoms with Gasteiger partial charge in [0, 0.05) is 6.54 Å². The van der Waals surface area contributed by atoms with Crippen molar-refractivity contribution in [3.8, 4) is 0 Å². The van der Waals surface area contributed by atoms with Gasteiger partial charge in [-0.05, 0) is 12.5 Å². The van der Waals surface area contributed by atoms with Crippen molar-refractivity contribution in [2.24, 2.45) is 0 Å². The molecule has 0 aromatic heterocycles. The summed E-state index contributed by atoms with van der Waals surface area (Å²) in [6.45, 7) is 2.72. The van der Waals surface area contributed by atoms with Crippen molar-refractivity contribution in [3.63, 3.8) is 0 Å². The molecule has 0 saturated heterocycles. The molecule has 0 spiro atoms. The molecule has 3 heteroatoms. The minimum Gasteiger partial charge on any atom is -0.378 e. The standard InChI is InChI=1S/C8H13NO2/c1-2-8(11)4-3-5-9-6-7(8)10/h3-4,9,11H,2,5-6H2,1H3/t8-/m1/s1. The minimum absolute atomic E-state index is 0.145. The van der Waals surface area contributed by atoms with Gasteiger partial charge in [0.05, 0.1) is 6.54 Å². The molecule has 1 atom stereocenters. The van der Waals surface area contributed by atoms with Gasteiger partial charge in [0.15, 0.2) is 5.78 Å². The van der Waals surface area contributed by atoms with Gasteiger partial charge in [0.1, 0.15) is 5.60 Å². The number of carbonyl (C=O) groups excluding carboxylic acids is 1. The van der Waals surface area contributed by atoms with Crippen LogP contribution in [0.2, 0.25) is 0 Å². The Kier molecular flexibility index (Phi) is 2.42. The van der Waals surface area contributed by atoms with Crippen molar-refractivity contribution in [1.29, 1.82) is 0 Å². The maximum absolute atomic E-state index is 11.2. The quantitative estimate of drug-likeness (QED) is 0.518. The summed E-state index contributed by atoms with van der Waals surface area (Å²) in [4.78, 5) is 11.2. The summed E-state index contributed by atoms with van der Waals surface area (Å²) >= 11 is 0. The van der Waals surface area contributed by atoms with Gasteiger partial charge >= 0.3 is 0 Å². The fraction of sp³-hybridized carbons (Fsp3) is 0.625. The molecule has 0 fully saturated rings. The lowest BCUT2D eigenvalue weighted by molar-refractivity contribution is -0.131. The molecule has 0 unspecified atom stereocenters. The Morgan fingerprint density at radius 1 is 1.82 bits per heavy atom. The zero-order valence-electron chi connectivity index (χ0n) is 6.63. The van der Waals surface area contributed by atoms with Crippen LogP contribution < -0.4 is 5.32 Å². The predicted octanol–water partition coefficient (Wildman–Crippen LogP) is -0.144. The minimum atomic E-state index is -1.22. The molecule has 0 aromatic rings. The van der Waals surface area contributed by atoms with E-state index < -0.39 is 5.60 Å². The monoisotopic (exact) mass is 155 g/mol. The second-order valence-electron chi connectivity index (χ2n) is 2.73. The molecule has 1 rings (SSSR count). The molecule has 1 aliphatic rings. The first-order chi connectivity index (χ1) is 5.19. The Morgan fingerprint density at radius 3 is 3.18 bits per heavy atom. The van der Waals surface area contributed by atoms with Gasteiger partial charge in [0.2, 0.25) is 0 Å². The van der Waals surface area contributed by atoms with Gasteiger partial charge in [-0.15, -0.1) is 0 Å². The van der Waals surface area contributed by atoms with Crippen LogP contribution in [0, 0.1) is 0 Å². The predicted molar refractivity (Wildman–Crippen MR) is 42.3 cm³/mol. The van der Waals surface area contributed by atoms with Crippen molar-refractivity contribution in [2.75, 3.05) is 13.1 Å². The summed E-state index contributed by atoms with van der Waals surface area (Å²) < 4.78 is 0. The second kappa shape index (κ2) is 3.15. The van der Waals surface area contributed by atoms with Crippen LogP contribution in [0.25, 0.3) is 0 Å². The van der Waals surface area contributed by atoms with E-state index in [2.05, 4.69) is 5.32 Å². The van der Waals surface area contributed by atoms with E-state index in [0.717, 1.165) is 0 Å². The topological polar surface area (TPSA) is 49.3 Å².